The first-order chi connectivity index (χ1) is 8.06. The summed E-state index contributed by atoms with van der Waals surface area (Å²) in [5.41, 5.74) is 0. The lowest BCUT2D eigenvalue weighted by Crippen LogP contribution is -2.18. The summed E-state index contributed by atoms with van der Waals surface area (Å²) in [5.74, 6) is 2.14. The van der Waals surface area contributed by atoms with E-state index in [1.807, 2.05) is 6.92 Å². The first-order valence-electron chi connectivity index (χ1n) is 6.16. The molecule has 0 aromatic carbocycles. The van der Waals surface area contributed by atoms with E-state index in [0.717, 1.165) is 18.1 Å². The number of hydrogen-bond acceptors (Lipinski definition) is 4. The standard InChI is InChI=1S/C12H23N3O2/c1-5-10(16)7-15-12(8-17-4)13-11(14-15)6-9(2)3/h9-10,16H,5-8H2,1-4H3/t10-/m0/s1. The molecule has 1 rings (SSSR count). The van der Waals surface area contributed by atoms with Crippen LogP contribution in [0.25, 0.3) is 0 Å². The van der Waals surface area contributed by atoms with Crippen LogP contribution in [0.3, 0.4) is 0 Å². The summed E-state index contributed by atoms with van der Waals surface area (Å²) in [6.07, 6.45) is 1.19. The van der Waals surface area contributed by atoms with Crippen molar-refractivity contribution in [3.63, 3.8) is 0 Å². The Balaban J connectivity index is 2.80. The summed E-state index contributed by atoms with van der Waals surface area (Å²) in [4.78, 5) is 4.44. The molecule has 0 fully saturated rings. The normalized spacial score (nSPS) is 13.3. The van der Waals surface area contributed by atoms with Crippen LogP contribution in [0.1, 0.15) is 38.8 Å². The third-order valence-corrected chi connectivity index (χ3v) is 2.51. The molecule has 0 bridgehead atoms. The van der Waals surface area contributed by atoms with Gasteiger partial charge in [-0.3, -0.25) is 0 Å². The Bertz CT molecular complexity index is 336. The van der Waals surface area contributed by atoms with Gasteiger partial charge < -0.3 is 9.84 Å². The minimum atomic E-state index is -0.376. The van der Waals surface area contributed by atoms with Crippen molar-refractivity contribution in [2.75, 3.05) is 7.11 Å². The molecule has 5 heteroatoms. The van der Waals surface area contributed by atoms with Gasteiger partial charge >= 0.3 is 0 Å². The van der Waals surface area contributed by atoms with Gasteiger partial charge in [-0.1, -0.05) is 20.8 Å². The Morgan fingerprint density at radius 3 is 2.65 bits per heavy atom. The van der Waals surface area contributed by atoms with Gasteiger partial charge in [0.25, 0.3) is 0 Å². The van der Waals surface area contributed by atoms with E-state index >= 15 is 0 Å². The summed E-state index contributed by atoms with van der Waals surface area (Å²) in [6, 6.07) is 0. The lowest BCUT2D eigenvalue weighted by Gasteiger charge is -2.09. The summed E-state index contributed by atoms with van der Waals surface area (Å²) >= 11 is 0. The molecular formula is C12H23N3O2. The quantitative estimate of drug-likeness (QED) is 0.783. The van der Waals surface area contributed by atoms with E-state index in [0.29, 0.717) is 25.5 Å². The number of rotatable bonds is 7. The molecule has 0 spiro atoms. The first-order valence-corrected chi connectivity index (χ1v) is 6.16. The molecule has 5 nitrogen and oxygen atoms in total. The smallest absolute Gasteiger partial charge is 0.153 e. The maximum absolute atomic E-state index is 9.67. The first kappa shape index (κ1) is 14.1. The highest BCUT2D eigenvalue weighted by atomic mass is 16.5. The fourth-order valence-corrected chi connectivity index (χ4v) is 1.59. The lowest BCUT2D eigenvalue weighted by atomic mass is 10.1. The van der Waals surface area contributed by atoms with Gasteiger partial charge in [-0.15, -0.1) is 0 Å². The second-order valence-electron chi connectivity index (χ2n) is 4.72. The van der Waals surface area contributed by atoms with Crippen LogP contribution in [0, 0.1) is 5.92 Å². The average molecular weight is 241 g/mol. The number of nitrogens with zero attached hydrogens (tertiary/aromatic N) is 3. The van der Waals surface area contributed by atoms with Crippen LogP contribution in [0.2, 0.25) is 0 Å². The zero-order chi connectivity index (χ0) is 12.8. The largest absolute Gasteiger partial charge is 0.391 e. The summed E-state index contributed by atoms with van der Waals surface area (Å²) in [6.45, 7) is 7.14. The second-order valence-corrected chi connectivity index (χ2v) is 4.72. The zero-order valence-electron chi connectivity index (χ0n) is 11.2. The summed E-state index contributed by atoms with van der Waals surface area (Å²) in [7, 11) is 1.64. The Morgan fingerprint density at radius 1 is 1.41 bits per heavy atom. The highest BCUT2D eigenvalue weighted by molar-refractivity contribution is 4.93. The fraction of sp³-hybridized carbons (Fsp3) is 0.833. The Kier molecular flexibility index (Phi) is 5.58. The number of aliphatic hydroxyl groups excluding tert-OH is 1. The minimum absolute atomic E-state index is 0.376. The molecule has 0 radical (unpaired) electrons. The van der Waals surface area contributed by atoms with Crippen molar-refractivity contribution in [3.8, 4) is 0 Å². The van der Waals surface area contributed by atoms with Crippen LogP contribution in [-0.2, 0) is 24.3 Å². The van der Waals surface area contributed by atoms with Crippen LogP contribution in [-0.4, -0.2) is 33.1 Å². The van der Waals surface area contributed by atoms with Crippen molar-refractivity contribution in [2.45, 2.75) is 52.9 Å². The van der Waals surface area contributed by atoms with Crippen molar-refractivity contribution in [3.05, 3.63) is 11.6 Å². The summed E-state index contributed by atoms with van der Waals surface area (Å²) in [5, 5.41) is 14.1. The van der Waals surface area contributed by atoms with E-state index in [1.165, 1.54) is 0 Å². The highest BCUT2D eigenvalue weighted by Gasteiger charge is 2.13. The van der Waals surface area contributed by atoms with Crippen molar-refractivity contribution >= 4 is 0 Å². The molecular weight excluding hydrogens is 218 g/mol. The predicted octanol–water partition coefficient (Wildman–Crippen LogP) is 1.39. The Labute approximate surface area is 103 Å². The van der Waals surface area contributed by atoms with E-state index in [1.54, 1.807) is 11.8 Å². The van der Waals surface area contributed by atoms with Crippen molar-refractivity contribution in [1.29, 1.82) is 0 Å². The van der Waals surface area contributed by atoms with Gasteiger partial charge in [0, 0.05) is 13.5 Å². The van der Waals surface area contributed by atoms with Crippen molar-refractivity contribution in [2.24, 2.45) is 5.92 Å². The minimum Gasteiger partial charge on any atom is -0.391 e. The molecule has 0 unspecified atom stereocenters. The molecule has 0 saturated heterocycles. The van der Waals surface area contributed by atoms with Crippen LogP contribution >= 0.6 is 0 Å². The Morgan fingerprint density at radius 2 is 2.12 bits per heavy atom. The summed E-state index contributed by atoms with van der Waals surface area (Å²) < 4.78 is 6.86. The Hall–Kier alpha value is -0.940. The van der Waals surface area contributed by atoms with Crippen LogP contribution in [0.15, 0.2) is 0 Å². The van der Waals surface area contributed by atoms with E-state index < -0.39 is 0 Å². The molecule has 0 aliphatic carbocycles. The molecule has 0 aliphatic rings. The molecule has 1 atom stereocenters. The molecule has 98 valence electrons. The SMILES string of the molecule is CC[C@H](O)Cn1nc(CC(C)C)nc1COC. The fourth-order valence-electron chi connectivity index (χ4n) is 1.59. The third-order valence-electron chi connectivity index (χ3n) is 2.51. The van der Waals surface area contributed by atoms with E-state index in [9.17, 15) is 5.11 Å². The second kappa shape index (κ2) is 6.71. The van der Waals surface area contributed by atoms with Crippen molar-refractivity contribution < 1.29 is 9.84 Å². The third kappa shape index (κ3) is 4.44. The number of aromatic nitrogens is 3. The number of hydrogen-bond donors (Lipinski definition) is 1. The van der Waals surface area contributed by atoms with Gasteiger partial charge in [-0.2, -0.15) is 5.10 Å². The molecule has 1 aromatic heterocycles. The van der Waals surface area contributed by atoms with Crippen molar-refractivity contribution in [1.82, 2.24) is 14.8 Å². The topological polar surface area (TPSA) is 60.2 Å². The molecule has 0 aliphatic heterocycles. The molecule has 1 aromatic rings. The molecule has 17 heavy (non-hydrogen) atoms. The van der Waals surface area contributed by atoms with Gasteiger partial charge in [-0.05, 0) is 12.3 Å². The zero-order valence-corrected chi connectivity index (χ0v) is 11.2. The van der Waals surface area contributed by atoms with Crippen LogP contribution in [0.4, 0.5) is 0 Å². The van der Waals surface area contributed by atoms with Gasteiger partial charge in [-0.25, -0.2) is 9.67 Å². The van der Waals surface area contributed by atoms with E-state index in [2.05, 4.69) is 23.9 Å². The maximum Gasteiger partial charge on any atom is 0.153 e. The van der Waals surface area contributed by atoms with Crippen LogP contribution < -0.4 is 0 Å². The number of methoxy groups -OCH3 is 1. The number of aliphatic hydroxyl groups is 1. The van der Waals surface area contributed by atoms with Gasteiger partial charge in [0.1, 0.15) is 6.61 Å². The highest BCUT2D eigenvalue weighted by Crippen LogP contribution is 2.08. The van der Waals surface area contributed by atoms with Crippen LogP contribution in [0.5, 0.6) is 0 Å². The van der Waals surface area contributed by atoms with E-state index in [4.69, 9.17) is 4.74 Å². The average Bonchev–Trinajstić information content (AvgIpc) is 2.60. The lowest BCUT2D eigenvalue weighted by molar-refractivity contribution is 0.133. The number of ether oxygens (including phenoxy) is 1. The van der Waals surface area contributed by atoms with Gasteiger partial charge in [0.2, 0.25) is 0 Å². The van der Waals surface area contributed by atoms with Gasteiger partial charge in [0.05, 0.1) is 12.6 Å². The molecule has 1 N–H and O–H groups in total. The molecule has 0 amide bonds. The monoisotopic (exact) mass is 241 g/mol. The molecule has 1 heterocycles. The molecule has 0 saturated carbocycles. The van der Waals surface area contributed by atoms with Gasteiger partial charge in [0.15, 0.2) is 11.6 Å². The maximum atomic E-state index is 9.67. The van der Waals surface area contributed by atoms with E-state index in [-0.39, 0.29) is 6.10 Å². The predicted molar refractivity (Wildman–Crippen MR) is 65.6 cm³/mol.